The molecule has 6 nitrogen and oxygen atoms in total. The van der Waals surface area contributed by atoms with Gasteiger partial charge in [0.25, 0.3) is 0 Å². The number of aromatic nitrogens is 1. The summed E-state index contributed by atoms with van der Waals surface area (Å²) in [5.74, 6) is -1.15. The molecule has 0 saturated heterocycles. The number of hydrogen-bond donors (Lipinski definition) is 1. The highest BCUT2D eigenvalue weighted by molar-refractivity contribution is 7.89. The van der Waals surface area contributed by atoms with Gasteiger partial charge in [0, 0.05) is 18.1 Å². The van der Waals surface area contributed by atoms with Gasteiger partial charge in [-0.25, -0.2) is 8.42 Å². The number of benzene rings is 1. The van der Waals surface area contributed by atoms with E-state index in [0.717, 1.165) is 4.31 Å². The van der Waals surface area contributed by atoms with Gasteiger partial charge in [0.05, 0.1) is 5.52 Å². The van der Waals surface area contributed by atoms with E-state index < -0.39 is 22.0 Å². The van der Waals surface area contributed by atoms with Crippen molar-refractivity contribution >= 4 is 26.9 Å². The highest BCUT2D eigenvalue weighted by atomic mass is 32.2. The van der Waals surface area contributed by atoms with Crippen molar-refractivity contribution in [2.24, 2.45) is 0 Å². The van der Waals surface area contributed by atoms with Crippen LogP contribution in [-0.2, 0) is 14.8 Å². The van der Waals surface area contributed by atoms with Gasteiger partial charge < -0.3 is 5.11 Å². The van der Waals surface area contributed by atoms with E-state index >= 15 is 0 Å². The zero-order valence-corrected chi connectivity index (χ0v) is 12.4. The molecule has 22 heavy (non-hydrogen) atoms. The van der Waals surface area contributed by atoms with Crippen LogP contribution in [0.5, 0.6) is 0 Å². The number of hydrogen-bond acceptors (Lipinski definition) is 4. The monoisotopic (exact) mass is 318 g/mol. The molecule has 114 valence electrons. The number of aliphatic carboxylic acids is 1. The Morgan fingerprint density at radius 2 is 2.05 bits per heavy atom. The average Bonchev–Trinajstić information content (AvgIpc) is 2.54. The van der Waals surface area contributed by atoms with Crippen LogP contribution in [0.15, 0.2) is 53.6 Å². The lowest BCUT2D eigenvalue weighted by Gasteiger charge is -2.28. The van der Waals surface area contributed by atoms with E-state index in [1.54, 1.807) is 30.4 Å². The van der Waals surface area contributed by atoms with Crippen LogP contribution in [0.4, 0.5) is 0 Å². The molecular formula is C15H14N2O4S. The van der Waals surface area contributed by atoms with E-state index in [2.05, 4.69) is 4.98 Å². The SMILES string of the molecule is O=C(O)C1CC=CCN1S(=O)(=O)c1cnc2ccccc2c1. The van der Waals surface area contributed by atoms with Crippen LogP contribution >= 0.6 is 0 Å². The van der Waals surface area contributed by atoms with Crippen molar-refractivity contribution in [3.8, 4) is 0 Å². The van der Waals surface area contributed by atoms with Crippen molar-refractivity contribution in [2.45, 2.75) is 17.4 Å². The molecule has 1 aliphatic rings. The van der Waals surface area contributed by atoms with E-state index in [4.69, 9.17) is 0 Å². The summed E-state index contributed by atoms with van der Waals surface area (Å²) in [5.41, 5.74) is 0.690. The van der Waals surface area contributed by atoms with Crippen LogP contribution in [0.1, 0.15) is 6.42 Å². The van der Waals surface area contributed by atoms with E-state index in [1.165, 1.54) is 12.3 Å². The molecule has 1 unspecified atom stereocenters. The second-order valence-corrected chi connectivity index (χ2v) is 6.89. The van der Waals surface area contributed by atoms with Crippen molar-refractivity contribution in [1.82, 2.24) is 9.29 Å². The number of carboxylic acid groups (broad SMARTS) is 1. The number of fused-ring (bicyclic) bond motifs is 1. The van der Waals surface area contributed by atoms with Crippen molar-refractivity contribution in [1.29, 1.82) is 0 Å². The van der Waals surface area contributed by atoms with Gasteiger partial charge in [0.2, 0.25) is 10.0 Å². The van der Waals surface area contributed by atoms with Gasteiger partial charge in [-0.1, -0.05) is 30.4 Å². The quantitative estimate of drug-likeness (QED) is 0.869. The molecular weight excluding hydrogens is 304 g/mol. The van der Waals surface area contributed by atoms with Crippen LogP contribution in [0, 0.1) is 0 Å². The Morgan fingerprint density at radius 3 is 2.82 bits per heavy atom. The summed E-state index contributed by atoms with van der Waals surface area (Å²) >= 11 is 0. The van der Waals surface area contributed by atoms with Crippen molar-refractivity contribution in [3.05, 3.63) is 48.7 Å². The van der Waals surface area contributed by atoms with Crippen LogP contribution in [0.2, 0.25) is 0 Å². The Labute approximate surface area is 127 Å². The number of para-hydroxylation sites is 1. The van der Waals surface area contributed by atoms with Crippen LogP contribution in [0.25, 0.3) is 10.9 Å². The summed E-state index contributed by atoms with van der Waals surface area (Å²) in [6.45, 7) is 0.0477. The molecule has 2 heterocycles. The highest BCUT2D eigenvalue weighted by Crippen LogP contribution is 2.24. The lowest BCUT2D eigenvalue weighted by molar-refractivity contribution is -0.141. The zero-order valence-electron chi connectivity index (χ0n) is 11.6. The smallest absolute Gasteiger partial charge is 0.322 e. The molecule has 0 radical (unpaired) electrons. The first-order chi connectivity index (χ1) is 10.5. The van der Waals surface area contributed by atoms with Crippen LogP contribution in [-0.4, -0.2) is 41.4 Å². The van der Waals surface area contributed by atoms with Gasteiger partial charge in [0.15, 0.2) is 0 Å². The molecule has 1 aliphatic heterocycles. The second kappa shape index (κ2) is 5.51. The van der Waals surface area contributed by atoms with Crippen LogP contribution < -0.4 is 0 Å². The molecule has 1 aromatic heterocycles. The molecule has 0 fully saturated rings. The fraction of sp³-hybridized carbons (Fsp3) is 0.200. The third kappa shape index (κ3) is 2.49. The number of nitrogens with zero attached hydrogens (tertiary/aromatic N) is 2. The summed E-state index contributed by atoms with van der Waals surface area (Å²) in [7, 11) is -3.91. The minimum Gasteiger partial charge on any atom is -0.480 e. The number of sulfonamides is 1. The normalized spacial score (nSPS) is 19.4. The lowest BCUT2D eigenvalue weighted by Crippen LogP contribution is -2.46. The minimum absolute atomic E-state index is 0.00718. The Hall–Kier alpha value is -2.25. The largest absolute Gasteiger partial charge is 0.480 e. The Morgan fingerprint density at radius 1 is 1.27 bits per heavy atom. The first-order valence-electron chi connectivity index (χ1n) is 6.74. The van der Waals surface area contributed by atoms with Gasteiger partial charge in [-0.3, -0.25) is 9.78 Å². The molecule has 7 heteroatoms. The predicted molar refractivity (Wildman–Crippen MR) is 80.8 cm³/mol. The third-order valence-corrected chi connectivity index (χ3v) is 5.46. The van der Waals surface area contributed by atoms with E-state index in [0.29, 0.717) is 10.9 Å². The summed E-state index contributed by atoms with van der Waals surface area (Å²) in [6.07, 6.45) is 4.78. The molecule has 0 saturated carbocycles. The number of carboxylic acids is 1. The number of carbonyl (C=O) groups is 1. The van der Waals surface area contributed by atoms with Crippen LogP contribution in [0.3, 0.4) is 0 Å². The molecule has 0 bridgehead atoms. The van der Waals surface area contributed by atoms with Gasteiger partial charge in [-0.05, 0) is 18.6 Å². The Kier molecular flexibility index (Phi) is 3.67. The summed E-state index contributed by atoms with van der Waals surface area (Å²) in [4.78, 5) is 15.4. The van der Waals surface area contributed by atoms with Crippen molar-refractivity contribution < 1.29 is 18.3 Å². The first kappa shape index (κ1) is 14.7. The molecule has 1 N–H and O–H groups in total. The highest BCUT2D eigenvalue weighted by Gasteiger charge is 2.36. The Bertz CT molecular complexity index is 861. The molecule has 1 aromatic carbocycles. The molecule has 1 atom stereocenters. The van der Waals surface area contributed by atoms with Crippen molar-refractivity contribution in [2.75, 3.05) is 6.54 Å². The number of pyridine rings is 1. The molecule has 0 aliphatic carbocycles. The fourth-order valence-corrected chi connectivity index (χ4v) is 3.99. The molecule has 3 rings (SSSR count). The molecule has 0 spiro atoms. The summed E-state index contributed by atoms with van der Waals surface area (Å²) in [6, 6.07) is 7.61. The maximum atomic E-state index is 12.7. The molecule has 0 amide bonds. The average molecular weight is 318 g/mol. The second-order valence-electron chi connectivity index (χ2n) is 5.00. The van der Waals surface area contributed by atoms with E-state index in [-0.39, 0.29) is 17.9 Å². The lowest BCUT2D eigenvalue weighted by atomic mass is 10.1. The van der Waals surface area contributed by atoms with E-state index in [9.17, 15) is 18.3 Å². The molecule has 2 aromatic rings. The first-order valence-corrected chi connectivity index (χ1v) is 8.18. The third-order valence-electron chi connectivity index (χ3n) is 3.62. The topological polar surface area (TPSA) is 87.6 Å². The summed E-state index contributed by atoms with van der Waals surface area (Å²) in [5, 5.41) is 9.93. The standard InChI is InChI=1S/C15H14N2O4S/c18-15(19)14-7-3-4-8-17(14)22(20,21)12-9-11-5-1-2-6-13(11)16-10-12/h1-6,9-10,14H,7-8H2,(H,18,19). The van der Waals surface area contributed by atoms with Gasteiger partial charge in [-0.2, -0.15) is 4.31 Å². The minimum atomic E-state index is -3.91. The van der Waals surface area contributed by atoms with Gasteiger partial charge >= 0.3 is 5.97 Å². The summed E-state index contributed by atoms with van der Waals surface area (Å²) < 4.78 is 26.5. The van der Waals surface area contributed by atoms with E-state index in [1.807, 2.05) is 6.07 Å². The maximum absolute atomic E-state index is 12.7. The van der Waals surface area contributed by atoms with Gasteiger partial charge in [-0.15, -0.1) is 0 Å². The number of rotatable bonds is 3. The zero-order chi connectivity index (χ0) is 15.7. The predicted octanol–water partition coefficient (Wildman–Crippen LogP) is 1.64. The Balaban J connectivity index is 2.07. The van der Waals surface area contributed by atoms with Gasteiger partial charge in [0.1, 0.15) is 10.9 Å². The van der Waals surface area contributed by atoms with Crippen molar-refractivity contribution in [3.63, 3.8) is 0 Å². The fourth-order valence-electron chi connectivity index (χ4n) is 2.47. The maximum Gasteiger partial charge on any atom is 0.322 e.